The fourth-order valence-corrected chi connectivity index (χ4v) is 5.18. The Balaban J connectivity index is 2.12. The molecule has 1 saturated heterocycles. The monoisotopic (exact) mass is 494 g/mol. The number of ether oxygens (including phenoxy) is 1. The molecule has 1 aromatic carbocycles. The van der Waals surface area contributed by atoms with E-state index in [1.54, 1.807) is 13.3 Å². The van der Waals surface area contributed by atoms with Crippen molar-refractivity contribution < 1.29 is 9.53 Å². The molecule has 0 aromatic heterocycles. The van der Waals surface area contributed by atoms with Gasteiger partial charge in [0.15, 0.2) is 0 Å². The molecule has 1 aliphatic heterocycles. The lowest BCUT2D eigenvalue weighted by Gasteiger charge is -2.17. The SMILES string of the molecule is COc1c(Br)cc(Br)c(/C=C\NC(=O)[C@@H]2CCCN2C)c1Br. The highest BCUT2D eigenvalue weighted by Gasteiger charge is 2.26. The Morgan fingerprint density at radius 1 is 1.41 bits per heavy atom. The van der Waals surface area contributed by atoms with E-state index in [9.17, 15) is 4.79 Å². The molecular formula is C15H17Br3N2O2. The highest BCUT2D eigenvalue weighted by atomic mass is 79.9. The first-order valence-corrected chi connectivity index (χ1v) is 9.22. The van der Waals surface area contributed by atoms with Crippen LogP contribution in [0.25, 0.3) is 6.08 Å². The highest BCUT2D eigenvalue weighted by molar-refractivity contribution is 9.11. The Morgan fingerprint density at radius 3 is 2.73 bits per heavy atom. The topological polar surface area (TPSA) is 41.6 Å². The molecule has 22 heavy (non-hydrogen) atoms. The van der Waals surface area contributed by atoms with E-state index in [1.165, 1.54) is 0 Å². The number of hydrogen-bond acceptors (Lipinski definition) is 3. The fourth-order valence-electron chi connectivity index (χ4n) is 2.47. The number of halogens is 3. The number of rotatable bonds is 4. The highest BCUT2D eigenvalue weighted by Crippen LogP contribution is 2.40. The molecule has 0 unspecified atom stereocenters. The quantitative estimate of drug-likeness (QED) is 0.680. The molecule has 0 radical (unpaired) electrons. The Bertz CT molecular complexity index is 605. The van der Waals surface area contributed by atoms with Crippen molar-refractivity contribution in [3.05, 3.63) is 31.2 Å². The van der Waals surface area contributed by atoms with E-state index >= 15 is 0 Å². The molecule has 0 saturated carbocycles. The van der Waals surface area contributed by atoms with Crippen molar-refractivity contribution in [2.75, 3.05) is 20.7 Å². The standard InChI is InChI=1S/C15H17Br3N2O2/c1-20-7-3-4-12(20)15(21)19-6-5-9-10(16)8-11(17)14(22-2)13(9)18/h5-6,8,12H,3-4,7H2,1-2H3,(H,19,21)/b6-5-/t12-/m0/s1. The lowest BCUT2D eigenvalue weighted by Crippen LogP contribution is -2.39. The van der Waals surface area contributed by atoms with Crippen LogP contribution in [0.4, 0.5) is 0 Å². The van der Waals surface area contributed by atoms with Gasteiger partial charge < -0.3 is 10.1 Å². The second kappa shape index (κ2) is 7.95. The fraction of sp³-hybridized carbons (Fsp3) is 0.400. The zero-order chi connectivity index (χ0) is 16.3. The van der Waals surface area contributed by atoms with Crippen LogP contribution < -0.4 is 10.1 Å². The Hall–Kier alpha value is -0.370. The summed E-state index contributed by atoms with van der Waals surface area (Å²) in [4.78, 5) is 14.2. The molecule has 0 spiro atoms. The average molecular weight is 497 g/mol. The van der Waals surface area contributed by atoms with Crippen molar-refractivity contribution in [2.24, 2.45) is 0 Å². The molecule has 7 heteroatoms. The molecule has 1 heterocycles. The van der Waals surface area contributed by atoms with Crippen LogP contribution in [0, 0.1) is 0 Å². The summed E-state index contributed by atoms with van der Waals surface area (Å²) >= 11 is 10.5. The van der Waals surface area contributed by atoms with Crippen LogP contribution >= 0.6 is 47.8 Å². The van der Waals surface area contributed by atoms with E-state index in [1.807, 2.05) is 19.2 Å². The van der Waals surface area contributed by atoms with Crippen molar-refractivity contribution in [1.29, 1.82) is 0 Å². The second-order valence-corrected chi connectivity index (χ2v) is 7.58. The number of carbonyl (C=O) groups is 1. The van der Waals surface area contributed by atoms with Gasteiger partial charge in [-0.2, -0.15) is 0 Å². The van der Waals surface area contributed by atoms with E-state index in [2.05, 4.69) is 58.0 Å². The van der Waals surface area contributed by atoms with Crippen LogP contribution in [0.15, 0.2) is 25.7 Å². The zero-order valence-electron chi connectivity index (χ0n) is 12.3. The molecule has 1 N–H and O–H groups in total. The maximum Gasteiger partial charge on any atom is 0.241 e. The van der Waals surface area contributed by atoms with Gasteiger partial charge >= 0.3 is 0 Å². The summed E-state index contributed by atoms with van der Waals surface area (Å²) in [6, 6.07) is 1.88. The van der Waals surface area contributed by atoms with Gasteiger partial charge in [-0.15, -0.1) is 0 Å². The third kappa shape index (κ3) is 3.93. The first-order chi connectivity index (χ1) is 10.5. The van der Waals surface area contributed by atoms with Crippen LogP contribution in [0.3, 0.4) is 0 Å². The summed E-state index contributed by atoms with van der Waals surface area (Å²) in [5.41, 5.74) is 0.903. The first kappa shape index (κ1) is 18.0. The minimum Gasteiger partial charge on any atom is -0.494 e. The van der Waals surface area contributed by atoms with Gasteiger partial charge in [-0.3, -0.25) is 9.69 Å². The Labute approximate surface area is 155 Å². The van der Waals surface area contributed by atoms with Gasteiger partial charge in [-0.1, -0.05) is 15.9 Å². The van der Waals surface area contributed by atoms with Gasteiger partial charge in [0.1, 0.15) is 5.75 Å². The molecule has 4 nitrogen and oxygen atoms in total. The summed E-state index contributed by atoms with van der Waals surface area (Å²) in [6.45, 7) is 0.975. The van der Waals surface area contributed by atoms with E-state index in [-0.39, 0.29) is 11.9 Å². The van der Waals surface area contributed by atoms with E-state index in [4.69, 9.17) is 4.74 Å². The smallest absolute Gasteiger partial charge is 0.241 e. The first-order valence-electron chi connectivity index (χ1n) is 6.84. The minimum absolute atomic E-state index is 0.0315. The predicted molar refractivity (Wildman–Crippen MR) is 98.9 cm³/mol. The number of benzene rings is 1. The van der Waals surface area contributed by atoms with Crippen LogP contribution in [0.2, 0.25) is 0 Å². The molecule has 1 atom stereocenters. The van der Waals surface area contributed by atoms with Gasteiger partial charge in [-0.05, 0) is 70.4 Å². The maximum absolute atomic E-state index is 12.1. The number of hydrogen-bond donors (Lipinski definition) is 1. The number of likely N-dealkylation sites (N-methyl/N-ethyl adjacent to an activating group) is 1. The molecule has 1 amide bonds. The van der Waals surface area contributed by atoms with Crippen molar-refractivity contribution in [3.63, 3.8) is 0 Å². The lowest BCUT2D eigenvalue weighted by atomic mass is 10.2. The van der Waals surface area contributed by atoms with Crippen molar-refractivity contribution >= 4 is 59.8 Å². The van der Waals surface area contributed by atoms with Gasteiger partial charge in [0, 0.05) is 16.2 Å². The number of nitrogens with one attached hydrogen (secondary N) is 1. The van der Waals surface area contributed by atoms with E-state index < -0.39 is 0 Å². The molecule has 0 aliphatic carbocycles. The van der Waals surface area contributed by atoms with Gasteiger partial charge in [0.2, 0.25) is 5.91 Å². The minimum atomic E-state index is -0.0315. The van der Waals surface area contributed by atoms with Crippen LogP contribution in [-0.4, -0.2) is 37.6 Å². The summed E-state index contributed by atoms with van der Waals surface area (Å²) < 4.78 is 7.92. The number of methoxy groups -OCH3 is 1. The molecule has 1 aromatic rings. The number of carbonyl (C=O) groups excluding carboxylic acids is 1. The average Bonchev–Trinajstić information content (AvgIpc) is 2.88. The van der Waals surface area contributed by atoms with E-state index in [0.29, 0.717) is 5.75 Å². The molecule has 1 aliphatic rings. The summed E-state index contributed by atoms with van der Waals surface area (Å²) in [7, 11) is 3.59. The van der Waals surface area contributed by atoms with Gasteiger partial charge in [0.05, 0.1) is 22.1 Å². The largest absolute Gasteiger partial charge is 0.494 e. The van der Waals surface area contributed by atoms with Gasteiger partial charge in [0.25, 0.3) is 0 Å². The molecule has 2 rings (SSSR count). The molecule has 120 valence electrons. The Morgan fingerprint density at radius 2 is 2.14 bits per heavy atom. The second-order valence-electron chi connectivity index (χ2n) is 5.08. The van der Waals surface area contributed by atoms with Crippen LogP contribution in [0.1, 0.15) is 18.4 Å². The van der Waals surface area contributed by atoms with Crippen molar-refractivity contribution in [2.45, 2.75) is 18.9 Å². The maximum atomic E-state index is 12.1. The predicted octanol–water partition coefficient (Wildman–Crippen LogP) is 4.16. The van der Waals surface area contributed by atoms with Crippen molar-refractivity contribution in [3.8, 4) is 5.75 Å². The number of likely N-dealkylation sites (tertiary alicyclic amines) is 1. The Kier molecular flexibility index (Phi) is 6.49. The van der Waals surface area contributed by atoms with Crippen LogP contribution in [0.5, 0.6) is 5.75 Å². The van der Waals surface area contributed by atoms with Crippen molar-refractivity contribution in [1.82, 2.24) is 10.2 Å². The number of nitrogens with zero attached hydrogens (tertiary/aromatic N) is 1. The molecular weight excluding hydrogens is 480 g/mol. The summed E-state index contributed by atoms with van der Waals surface area (Å²) in [5.74, 6) is 0.747. The van der Waals surface area contributed by atoms with Crippen LogP contribution in [-0.2, 0) is 4.79 Å². The molecule has 1 fully saturated rings. The lowest BCUT2D eigenvalue weighted by molar-refractivity contribution is -0.124. The summed E-state index contributed by atoms with van der Waals surface area (Å²) in [5, 5.41) is 2.85. The normalized spacial score (nSPS) is 18.9. The van der Waals surface area contributed by atoms with E-state index in [0.717, 1.165) is 38.4 Å². The molecule has 0 bridgehead atoms. The van der Waals surface area contributed by atoms with Gasteiger partial charge in [-0.25, -0.2) is 0 Å². The summed E-state index contributed by atoms with van der Waals surface area (Å²) in [6.07, 6.45) is 5.50. The third-order valence-electron chi connectivity index (χ3n) is 3.67. The number of amides is 1. The zero-order valence-corrected chi connectivity index (χ0v) is 17.1. The third-order valence-corrected chi connectivity index (χ3v) is 5.70.